The molecule has 0 radical (unpaired) electrons. The van der Waals surface area contributed by atoms with Crippen LogP contribution < -0.4 is 4.74 Å². The summed E-state index contributed by atoms with van der Waals surface area (Å²) >= 11 is 6.08. The zero-order valence-electron chi connectivity index (χ0n) is 12.8. The molecule has 0 unspecified atom stereocenters. The Morgan fingerprint density at radius 3 is 2.74 bits per heavy atom. The van der Waals surface area contributed by atoms with E-state index in [-0.39, 0.29) is 5.82 Å². The maximum Gasteiger partial charge on any atom is 0.182 e. The van der Waals surface area contributed by atoms with Gasteiger partial charge in [0.15, 0.2) is 5.82 Å². The summed E-state index contributed by atoms with van der Waals surface area (Å²) in [5.74, 6) is 0.613. The minimum atomic E-state index is -0.369. The normalized spacial score (nSPS) is 11.5. The molecule has 0 atom stereocenters. The van der Waals surface area contributed by atoms with Gasteiger partial charge in [-0.3, -0.25) is 4.40 Å². The van der Waals surface area contributed by atoms with Crippen molar-refractivity contribution < 1.29 is 9.13 Å². The summed E-state index contributed by atoms with van der Waals surface area (Å²) in [6.45, 7) is 3.67. The first kappa shape index (κ1) is 15.4. The number of nitrogens with zero attached hydrogens (tertiary/aromatic N) is 4. The highest BCUT2D eigenvalue weighted by atomic mass is 35.5. The fraction of sp³-hybridized carbons (Fsp3) is 0.188. The van der Waals surface area contributed by atoms with Crippen LogP contribution in [0.1, 0.15) is 11.3 Å². The van der Waals surface area contributed by atoms with Gasteiger partial charge in [-0.05, 0) is 37.6 Å². The van der Waals surface area contributed by atoms with E-state index in [1.54, 1.807) is 29.5 Å². The van der Waals surface area contributed by atoms with Crippen molar-refractivity contribution in [1.29, 1.82) is 0 Å². The van der Waals surface area contributed by atoms with E-state index in [1.807, 2.05) is 6.92 Å². The number of pyridine rings is 1. The number of aryl methyl sites for hydroxylation is 2. The Bertz CT molecular complexity index is 920. The van der Waals surface area contributed by atoms with Crippen molar-refractivity contribution in [3.63, 3.8) is 0 Å². The molecule has 0 aliphatic carbocycles. The Labute approximate surface area is 137 Å². The standard InChI is InChI=1S/C16H14ClFN4O/c1-9-6-13(14(23-3)7-12(9)17)20-21-16-10(2)19-15-5-4-11(18)8-22(15)16/h4-8H,1-3H3. The third-order valence-electron chi connectivity index (χ3n) is 3.44. The van der Waals surface area contributed by atoms with Crippen LogP contribution in [0.4, 0.5) is 15.9 Å². The highest BCUT2D eigenvalue weighted by molar-refractivity contribution is 6.31. The van der Waals surface area contributed by atoms with Crippen molar-refractivity contribution in [3.8, 4) is 5.75 Å². The van der Waals surface area contributed by atoms with Crippen LogP contribution in [0.5, 0.6) is 5.75 Å². The molecule has 7 heteroatoms. The van der Waals surface area contributed by atoms with Crippen LogP contribution in [0.3, 0.4) is 0 Å². The van der Waals surface area contributed by atoms with Gasteiger partial charge in [0.25, 0.3) is 0 Å². The van der Waals surface area contributed by atoms with E-state index in [0.29, 0.717) is 33.6 Å². The number of rotatable bonds is 3. The molecule has 0 bridgehead atoms. The number of methoxy groups -OCH3 is 1. The highest BCUT2D eigenvalue weighted by Gasteiger charge is 2.10. The van der Waals surface area contributed by atoms with Crippen molar-refractivity contribution in [1.82, 2.24) is 9.38 Å². The SMILES string of the molecule is COc1cc(Cl)c(C)cc1N=Nc1c(C)nc2ccc(F)cn12. The monoisotopic (exact) mass is 332 g/mol. The molecule has 5 nitrogen and oxygen atoms in total. The number of benzene rings is 1. The summed E-state index contributed by atoms with van der Waals surface area (Å²) in [4.78, 5) is 4.33. The van der Waals surface area contributed by atoms with Gasteiger partial charge in [0, 0.05) is 17.3 Å². The number of aromatic nitrogens is 2. The number of ether oxygens (including phenoxy) is 1. The number of fused-ring (bicyclic) bond motifs is 1. The molecule has 3 rings (SSSR count). The van der Waals surface area contributed by atoms with Gasteiger partial charge in [0.1, 0.15) is 22.9 Å². The second-order valence-corrected chi connectivity index (χ2v) is 5.48. The van der Waals surface area contributed by atoms with Gasteiger partial charge in [0.05, 0.1) is 12.8 Å². The molecule has 3 aromatic rings. The van der Waals surface area contributed by atoms with Crippen LogP contribution in [0.15, 0.2) is 40.7 Å². The van der Waals surface area contributed by atoms with Crippen molar-refractivity contribution in [2.75, 3.05) is 7.11 Å². The minimum absolute atomic E-state index is 0.369. The summed E-state index contributed by atoms with van der Waals surface area (Å²) in [7, 11) is 1.54. The lowest BCUT2D eigenvalue weighted by atomic mass is 10.2. The largest absolute Gasteiger partial charge is 0.494 e. The van der Waals surface area contributed by atoms with Gasteiger partial charge >= 0.3 is 0 Å². The highest BCUT2D eigenvalue weighted by Crippen LogP contribution is 2.34. The van der Waals surface area contributed by atoms with Gasteiger partial charge in [-0.25, -0.2) is 9.37 Å². The lowest BCUT2D eigenvalue weighted by Crippen LogP contribution is -1.86. The molecule has 0 fully saturated rings. The summed E-state index contributed by atoms with van der Waals surface area (Å²) < 4.78 is 20.3. The molecular weight excluding hydrogens is 319 g/mol. The fourth-order valence-electron chi connectivity index (χ4n) is 2.24. The third kappa shape index (κ3) is 2.90. The van der Waals surface area contributed by atoms with Crippen molar-refractivity contribution in [3.05, 3.63) is 52.6 Å². The Balaban J connectivity index is 2.09. The Morgan fingerprint density at radius 1 is 1.22 bits per heavy atom. The summed E-state index contributed by atoms with van der Waals surface area (Å²) in [5, 5.41) is 9.03. The van der Waals surface area contributed by atoms with E-state index in [9.17, 15) is 4.39 Å². The molecule has 0 N–H and O–H groups in total. The zero-order chi connectivity index (χ0) is 16.6. The van der Waals surface area contributed by atoms with Gasteiger partial charge in [-0.15, -0.1) is 10.2 Å². The van der Waals surface area contributed by atoms with Gasteiger partial charge in [-0.1, -0.05) is 11.6 Å². The maximum atomic E-state index is 13.4. The average molecular weight is 333 g/mol. The molecule has 2 aromatic heterocycles. The lowest BCUT2D eigenvalue weighted by molar-refractivity contribution is 0.416. The molecular formula is C16H14ClFN4O. The van der Waals surface area contributed by atoms with E-state index in [4.69, 9.17) is 16.3 Å². The summed E-state index contributed by atoms with van der Waals surface area (Å²) in [5.41, 5.74) is 2.67. The van der Waals surface area contributed by atoms with Crippen LogP contribution in [0.2, 0.25) is 5.02 Å². The molecule has 0 aliphatic rings. The number of imidazole rings is 1. The Morgan fingerprint density at radius 2 is 2.00 bits per heavy atom. The van der Waals surface area contributed by atoms with Gasteiger partial charge < -0.3 is 4.74 Å². The average Bonchev–Trinajstić information content (AvgIpc) is 2.83. The second-order valence-electron chi connectivity index (χ2n) is 5.07. The predicted molar refractivity (Wildman–Crippen MR) is 86.8 cm³/mol. The first-order valence-corrected chi connectivity index (χ1v) is 7.27. The third-order valence-corrected chi connectivity index (χ3v) is 3.84. The van der Waals surface area contributed by atoms with Crippen LogP contribution in [0, 0.1) is 19.7 Å². The second kappa shape index (κ2) is 5.96. The summed E-state index contributed by atoms with van der Waals surface area (Å²) in [6, 6.07) is 6.42. The van der Waals surface area contributed by atoms with E-state index in [2.05, 4.69) is 15.2 Å². The first-order valence-electron chi connectivity index (χ1n) is 6.89. The van der Waals surface area contributed by atoms with Crippen molar-refractivity contribution >= 4 is 28.8 Å². The number of halogens is 2. The van der Waals surface area contributed by atoms with Crippen LogP contribution in [0.25, 0.3) is 5.65 Å². The topological polar surface area (TPSA) is 51.2 Å². The van der Waals surface area contributed by atoms with E-state index in [0.717, 1.165) is 5.56 Å². The minimum Gasteiger partial charge on any atom is -0.494 e. The molecule has 0 aliphatic heterocycles. The van der Waals surface area contributed by atoms with E-state index in [1.165, 1.54) is 19.4 Å². The van der Waals surface area contributed by atoms with Crippen LogP contribution in [-0.4, -0.2) is 16.5 Å². The molecule has 23 heavy (non-hydrogen) atoms. The Kier molecular flexibility index (Phi) is 4.00. The van der Waals surface area contributed by atoms with E-state index < -0.39 is 0 Å². The fourth-order valence-corrected chi connectivity index (χ4v) is 2.39. The zero-order valence-corrected chi connectivity index (χ0v) is 13.6. The molecule has 118 valence electrons. The van der Waals surface area contributed by atoms with Crippen molar-refractivity contribution in [2.24, 2.45) is 10.2 Å². The Hall–Kier alpha value is -2.47. The molecule has 0 spiro atoms. The lowest BCUT2D eigenvalue weighted by Gasteiger charge is -2.06. The molecule has 1 aromatic carbocycles. The number of hydrogen-bond acceptors (Lipinski definition) is 4. The molecule has 2 heterocycles. The van der Waals surface area contributed by atoms with Crippen molar-refractivity contribution in [2.45, 2.75) is 13.8 Å². The van der Waals surface area contributed by atoms with Gasteiger partial charge in [-0.2, -0.15) is 0 Å². The van der Waals surface area contributed by atoms with Crippen LogP contribution >= 0.6 is 11.6 Å². The summed E-state index contributed by atoms with van der Waals surface area (Å²) in [6.07, 6.45) is 1.33. The first-order chi connectivity index (χ1) is 11.0. The van der Waals surface area contributed by atoms with Crippen LogP contribution in [-0.2, 0) is 0 Å². The molecule has 0 saturated heterocycles. The number of azo groups is 1. The maximum absolute atomic E-state index is 13.4. The van der Waals surface area contributed by atoms with E-state index >= 15 is 0 Å². The number of hydrogen-bond donors (Lipinski definition) is 0. The van der Waals surface area contributed by atoms with Gasteiger partial charge in [0.2, 0.25) is 0 Å². The quantitative estimate of drug-likeness (QED) is 0.621. The molecule has 0 saturated carbocycles. The predicted octanol–water partition coefficient (Wildman–Crippen LogP) is 5.17. The molecule has 0 amide bonds. The smallest absolute Gasteiger partial charge is 0.182 e.